The fourth-order valence-electron chi connectivity index (χ4n) is 3.17. The largest absolute Gasteiger partial charge is 0.306 e. The van der Waals surface area contributed by atoms with Crippen molar-refractivity contribution in [2.75, 3.05) is 26.7 Å². The van der Waals surface area contributed by atoms with Crippen LogP contribution in [0.1, 0.15) is 39.5 Å². The molecule has 2 heterocycles. The smallest absolute Gasteiger partial charge is 0.247 e. The van der Waals surface area contributed by atoms with E-state index in [1.807, 2.05) is 13.8 Å². The van der Waals surface area contributed by atoms with Crippen LogP contribution in [0.3, 0.4) is 0 Å². The number of carbonyl (C=O) groups is 2. The predicted octanol–water partition coefficient (Wildman–Crippen LogP) is 0.844. The second-order valence-electron chi connectivity index (χ2n) is 6.44. The average molecular weight is 281 g/mol. The Hall–Kier alpha value is -0.940. The summed E-state index contributed by atoms with van der Waals surface area (Å²) in [5.74, 6) is 0.669. The Morgan fingerprint density at radius 3 is 2.45 bits per heavy atom. The Labute approximate surface area is 121 Å². The molecule has 2 saturated heterocycles. The van der Waals surface area contributed by atoms with Gasteiger partial charge in [-0.3, -0.25) is 14.5 Å². The quantitative estimate of drug-likeness (QED) is 0.759. The molecule has 0 aromatic carbocycles. The van der Waals surface area contributed by atoms with Gasteiger partial charge in [0, 0.05) is 6.04 Å². The lowest BCUT2D eigenvalue weighted by Crippen LogP contribution is -2.42. The van der Waals surface area contributed by atoms with Crippen molar-refractivity contribution in [2.24, 2.45) is 5.92 Å². The predicted molar refractivity (Wildman–Crippen MR) is 78.2 cm³/mol. The molecule has 2 aliphatic heterocycles. The van der Waals surface area contributed by atoms with Crippen molar-refractivity contribution < 1.29 is 9.59 Å². The van der Waals surface area contributed by atoms with Crippen LogP contribution in [0, 0.1) is 5.92 Å². The maximum absolute atomic E-state index is 12.1. The van der Waals surface area contributed by atoms with Gasteiger partial charge >= 0.3 is 0 Å². The maximum atomic E-state index is 12.1. The number of hydrogen-bond acceptors (Lipinski definition) is 4. The summed E-state index contributed by atoms with van der Waals surface area (Å²) in [7, 11) is 2.16. The van der Waals surface area contributed by atoms with Crippen LogP contribution in [0.4, 0.5) is 0 Å². The molecular weight excluding hydrogens is 254 g/mol. The van der Waals surface area contributed by atoms with Gasteiger partial charge in [0.15, 0.2) is 0 Å². The molecule has 5 heteroatoms. The molecule has 0 bridgehead atoms. The van der Waals surface area contributed by atoms with Crippen LogP contribution in [0.5, 0.6) is 0 Å². The van der Waals surface area contributed by atoms with Gasteiger partial charge in [-0.1, -0.05) is 0 Å². The van der Waals surface area contributed by atoms with Crippen LogP contribution in [0.25, 0.3) is 0 Å². The number of nitrogens with one attached hydrogen (secondary N) is 1. The minimum absolute atomic E-state index is 0.0318. The van der Waals surface area contributed by atoms with Gasteiger partial charge < -0.3 is 10.2 Å². The van der Waals surface area contributed by atoms with Crippen LogP contribution >= 0.6 is 0 Å². The monoisotopic (exact) mass is 281 g/mol. The number of carbonyl (C=O) groups excluding carboxylic acids is 2. The third kappa shape index (κ3) is 3.58. The van der Waals surface area contributed by atoms with Gasteiger partial charge in [0.1, 0.15) is 0 Å². The Bertz CT molecular complexity index is 362. The number of rotatable bonds is 5. The van der Waals surface area contributed by atoms with Crippen LogP contribution in [-0.2, 0) is 9.59 Å². The van der Waals surface area contributed by atoms with E-state index in [1.54, 1.807) is 0 Å². The summed E-state index contributed by atoms with van der Waals surface area (Å²) in [5, 5.41) is 3.28. The first kappa shape index (κ1) is 15.4. The minimum Gasteiger partial charge on any atom is -0.306 e. The van der Waals surface area contributed by atoms with Gasteiger partial charge in [-0.15, -0.1) is 0 Å². The molecule has 0 radical (unpaired) electrons. The molecule has 1 atom stereocenters. The fourth-order valence-corrected chi connectivity index (χ4v) is 3.17. The van der Waals surface area contributed by atoms with Crippen LogP contribution in [0.2, 0.25) is 0 Å². The molecule has 0 spiro atoms. The topological polar surface area (TPSA) is 52.7 Å². The number of nitrogens with zero attached hydrogens (tertiary/aromatic N) is 2. The van der Waals surface area contributed by atoms with Crippen LogP contribution in [0.15, 0.2) is 0 Å². The van der Waals surface area contributed by atoms with E-state index in [-0.39, 0.29) is 23.9 Å². The Morgan fingerprint density at radius 1 is 1.25 bits per heavy atom. The second-order valence-corrected chi connectivity index (χ2v) is 6.44. The lowest BCUT2D eigenvalue weighted by Gasteiger charge is -2.29. The van der Waals surface area contributed by atoms with Crippen LogP contribution in [-0.4, -0.2) is 60.4 Å². The Balaban J connectivity index is 1.72. The van der Waals surface area contributed by atoms with E-state index in [0.717, 1.165) is 18.9 Å². The van der Waals surface area contributed by atoms with Crippen molar-refractivity contribution in [2.45, 2.75) is 51.6 Å². The molecule has 0 aromatic heterocycles. The number of hydrogen-bond donors (Lipinski definition) is 1. The SMILES string of the molecule is CC(C)N1C(=O)CC(NCCC2CCN(C)CC2)C1=O. The van der Waals surface area contributed by atoms with Gasteiger partial charge in [-0.2, -0.15) is 0 Å². The Morgan fingerprint density at radius 2 is 1.90 bits per heavy atom. The summed E-state index contributed by atoms with van der Waals surface area (Å²) in [6.07, 6.45) is 3.92. The van der Waals surface area contributed by atoms with Gasteiger partial charge in [0.2, 0.25) is 11.8 Å². The highest BCUT2D eigenvalue weighted by molar-refractivity contribution is 6.05. The normalized spacial score (nSPS) is 26.0. The van der Waals surface area contributed by atoms with E-state index in [0.29, 0.717) is 6.42 Å². The molecule has 2 fully saturated rings. The lowest BCUT2D eigenvalue weighted by molar-refractivity contribution is -0.140. The highest BCUT2D eigenvalue weighted by atomic mass is 16.2. The third-order valence-corrected chi connectivity index (χ3v) is 4.48. The zero-order valence-electron chi connectivity index (χ0n) is 12.9. The minimum atomic E-state index is -0.295. The molecule has 1 unspecified atom stereocenters. The van der Waals surface area contributed by atoms with Crippen molar-refractivity contribution in [3.63, 3.8) is 0 Å². The molecule has 2 amide bonds. The van der Waals surface area contributed by atoms with E-state index in [1.165, 1.54) is 30.8 Å². The van der Waals surface area contributed by atoms with Gasteiger partial charge in [0.25, 0.3) is 0 Å². The number of piperidine rings is 1. The molecule has 5 nitrogen and oxygen atoms in total. The van der Waals surface area contributed by atoms with E-state index < -0.39 is 0 Å². The second kappa shape index (κ2) is 6.68. The van der Waals surface area contributed by atoms with Gasteiger partial charge in [0.05, 0.1) is 12.5 Å². The summed E-state index contributed by atoms with van der Waals surface area (Å²) >= 11 is 0. The summed E-state index contributed by atoms with van der Waals surface area (Å²) in [6.45, 7) is 6.96. The van der Waals surface area contributed by atoms with E-state index in [4.69, 9.17) is 0 Å². The third-order valence-electron chi connectivity index (χ3n) is 4.48. The number of amides is 2. The zero-order valence-corrected chi connectivity index (χ0v) is 12.9. The van der Waals surface area contributed by atoms with Crippen molar-refractivity contribution in [3.8, 4) is 0 Å². The van der Waals surface area contributed by atoms with Gasteiger partial charge in [-0.05, 0) is 65.7 Å². The molecule has 2 aliphatic rings. The van der Waals surface area contributed by atoms with Crippen molar-refractivity contribution in [3.05, 3.63) is 0 Å². The molecule has 0 saturated carbocycles. The molecule has 114 valence electrons. The maximum Gasteiger partial charge on any atom is 0.247 e. The first-order valence-corrected chi connectivity index (χ1v) is 7.77. The summed E-state index contributed by atoms with van der Waals surface area (Å²) in [6, 6.07) is -0.327. The van der Waals surface area contributed by atoms with Crippen LogP contribution < -0.4 is 5.32 Å². The lowest BCUT2D eigenvalue weighted by atomic mass is 9.94. The van der Waals surface area contributed by atoms with Crippen molar-refractivity contribution in [1.82, 2.24) is 15.1 Å². The summed E-state index contributed by atoms with van der Waals surface area (Å²) in [5.41, 5.74) is 0. The molecule has 2 rings (SSSR count). The zero-order chi connectivity index (χ0) is 14.7. The van der Waals surface area contributed by atoms with Crippen molar-refractivity contribution in [1.29, 1.82) is 0 Å². The molecule has 0 aliphatic carbocycles. The molecule has 0 aromatic rings. The summed E-state index contributed by atoms with van der Waals surface area (Å²) < 4.78 is 0. The average Bonchev–Trinajstić information content (AvgIpc) is 2.67. The first-order chi connectivity index (χ1) is 9.49. The standard InChI is InChI=1S/C15H27N3O2/c1-11(2)18-14(19)10-13(15(18)20)16-7-4-12-5-8-17(3)9-6-12/h11-13,16H,4-10H2,1-3H3. The highest BCUT2D eigenvalue weighted by Gasteiger charge is 2.39. The Kier molecular flexibility index (Phi) is 5.16. The number of imide groups is 1. The number of likely N-dealkylation sites (tertiary alicyclic amines) is 2. The summed E-state index contributed by atoms with van der Waals surface area (Å²) in [4.78, 5) is 27.7. The van der Waals surface area contributed by atoms with E-state index in [9.17, 15) is 9.59 Å². The van der Waals surface area contributed by atoms with Crippen molar-refractivity contribution >= 4 is 11.8 Å². The molecule has 1 N–H and O–H groups in total. The fraction of sp³-hybridized carbons (Fsp3) is 0.867. The highest BCUT2D eigenvalue weighted by Crippen LogP contribution is 2.20. The van der Waals surface area contributed by atoms with E-state index in [2.05, 4.69) is 17.3 Å². The van der Waals surface area contributed by atoms with E-state index >= 15 is 0 Å². The first-order valence-electron chi connectivity index (χ1n) is 7.77. The molecular formula is C15H27N3O2. The van der Waals surface area contributed by atoms with Gasteiger partial charge in [-0.25, -0.2) is 0 Å². The molecule has 20 heavy (non-hydrogen) atoms.